The molecular formula is C9H14N2O. The van der Waals surface area contributed by atoms with Crippen LogP contribution in [0.4, 0.5) is 0 Å². The molecule has 3 heteroatoms. The summed E-state index contributed by atoms with van der Waals surface area (Å²) in [6, 6.07) is 0. The van der Waals surface area contributed by atoms with Gasteiger partial charge < -0.3 is 5.11 Å². The summed E-state index contributed by atoms with van der Waals surface area (Å²) in [5, 5.41) is 13.5. The smallest absolute Gasteiger partial charge is 0.0546 e. The van der Waals surface area contributed by atoms with Crippen molar-refractivity contribution in [3.8, 4) is 0 Å². The Hall–Kier alpha value is -0.830. The number of aliphatic hydroxyl groups is 1. The molecule has 1 aliphatic carbocycles. The van der Waals surface area contributed by atoms with Crippen molar-refractivity contribution in [1.29, 1.82) is 0 Å². The lowest BCUT2D eigenvalue weighted by Crippen LogP contribution is -1.98. The van der Waals surface area contributed by atoms with Crippen LogP contribution in [-0.2, 0) is 7.05 Å². The molecule has 1 fully saturated rings. The molecule has 1 aromatic rings. The van der Waals surface area contributed by atoms with Crippen molar-refractivity contribution in [3.05, 3.63) is 18.0 Å². The molecule has 1 saturated carbocycles. The van der Waals surface area contributed by atoms with Crippen LogP contribution >= 0.6 is 0 Å². The number of aromatic nitrogens is 2. The third-order valence-electron chi connectivity index (χ3n) is 2.60. The van der Waals surface area contributed by atoms with Crippen molar-refractivity contribution < 1.29 is 5.11 Å². The van der Waals surface area contributed by atoms with Crippen LogP contribution in [0.15, 0.2) is 12.4 Å². The Morgan fingerprint density at radius 1 is 1.58 bits per heavy atom. The highest BCUT2D eigenvalue weighted by molar-refractivity contribution is 5.13. The van der Waals surface area contributed by atoms with Crippen LogP contribution in [0.25, 0.3) is 0 Å². The molecule has 1 aromatic heterocycles. The number of hydrogen-bond donors (Lipinski definition) is 1. The highest BCUT2D eigenvalue weighted by Gasteiger charge is 2.24. The molecule has 1 aliphatic rings. The lowest BCUT2D eigenvalue weighted by atomic mass is 10.0. The van der Waals surface area contributed by atoms with Gasteiger partial charge in [0.25, 0.3) is 0 Å². The maximum Gasteiger partial charge on any atom is 0.0546 e. The first-order chi connectivity index (χ1) is 5.75. The van der Waals surface area contributed by atoms with Crippen LogP contribution in [0.3, 0.4) is 0 Å². The van der Waals surface area contributed by atoms with Gasteiger partial charge in [0.1, 0.15) is 0 Å². The normalized spacial score (nSPS) is 29.5. The van der Waals surface area contributed by atoms with Gasteiger partial charge in [0.15, 0.2) is 0 Å². The second kappa shape index (κ2) is 2.90. The van der Waals surface area contributed by atoms with Gasteiger partial charge in [-0.15, -0.1) is 0 Å². The molecule has 0 aliphatic heterocycles. The van der Waals surface area contributed by atoms with Crippen LogP contribution in [-0.4, -0.2) is 21.0 Å². The van der Waals surface area contributed by atoms with Crippen molar-refractivity contribution in [3.63, 3.8) is 0 Å². The van der Waals surface area contributed by atoms with Crippen molar-refractivity contribution in [2.24, 2.45) is 7.05 Å². The summed E-state index contributed by atoms with van der Waals surface area (Å²) in [5.41, 5.74) is 1.27. The number of hydrogen-bond acceptors (Lipinski definition) is 2. The molecule has 0 bridgehead atoms. The van der Waals surface area contributed by atoms with E-state index in [-0.39, 0.29) is 6.10 Å². The standard InChI is InChI=1S/C9H14N2O/c1-11-6-8(5-10-11)7-2-3-9(12)4-7/h5-7,9,12H,2-4H2,1H3. The molecule has 66 valence electrons. The Bertz CT molecular complexity index is 269. The van der Waals surface area contributed by atoms with E-state index in [0.717, 1.165) is 19.3 Å². The van der Waals surface area contributed by atoms with E-state index in [0.29, 0.717) is 5.92 Å². The average Bonchev–Trinajstić information content (AvgIpc) is 2.58. The van der Waals surface area contributed by atoms with Crippen LogP contribution in [0.2, 0.25) is 0 Å². The number of nitrogens with zero attached hydrogens (tertiary/aromatic N) is 2. The second-order valence-electron chi connectivity index (χ2n) is 3.61. The van der Waals surface area contributed by atoms with E-state index in [4.69, 9.17) is 0 Å². The minimum atomic E-state index is -0.0878. The van der Waals surface area contributed by atoms with Gasteiger partial charge in [-0.3, -0.25) is 4.68 Å². The predicted molar refractivity (Wildman–Crippen MR) is 45.8 cm³/mol. The third kappa shape index (κ3) is 1.37. The maximum absolute atomic E-state index is 9.34. The van der Waals surface area contributed by atoms with Gasteiger partial charge >= 0.3 is 0 Å². The molecule has 2 rings (SSSR count). The zero-order valence-electron chi connectivity index (χ0n) is 7.27. The summed E-state index contributed by atoms with van der Waals surface area (Å²) in [6.07, 6.45) is 6.82. The van der Waals surface area contributed by atoms with E-state index in [2.05, 4.69) is 5.10 Å². The topological polar surface area (TPSA) is 38.0 Å². The van der Waals surface area contributed by atoms with E-state index >= 15 is 0 Å². The first-order valence-electron chi connectivity index (χ1n) is 4.42. The summed E-state index contributed by atoms with van der Waals surface area (Å²) >= 11 is 0. The highest BCUT2D eigenvalue weighted by Crippen LogP contribution is 2.33. The van der Waals surface area contributed by atoms with Crippen LogP contribution in [0.5, 0.6) is 0 Å². The van der Waals surface area contributed by atoms with Gasteiger partial charge in [-0.05, 0) is 30.7 Å². The maximum atomic E-state index is 9.34. The predicted octanol–water partition coefficient (Wildman–Crippen LogP) is 1.05. The summed E-state index contributed by atoms with van der Waals surface area (Å²) in [4.78, 5) is 0. The molecule has 0 saturated heterocycles. The summed E-state index contributed by atoms with van der Waals surface area (Å²) < 4.78 is 1.82. The average molecular weight is 166 g/mol. The summed E-state index contributed by atoms with van der Waals surface area (Å²) in [7, 11) is 1.93. The molecule has 0 amide bonds. The fourth-order valence-electron chi connectivity index (χ4n) is 1.91. The quantitative estimate of drug-likeness (QED) is 0.677. The Kier molecular flexibility index (Phi) is 1.89. The molecule has 0 aromatic carbocycles. The SMILES string of the molecule is Cn1cc(C2CCC(O)C2)cn1. The minimum Gasteiger partial charge on any atom is -0.393 e. The Morgan fingerprint density at radius 3 is 2.92 bits per heavy atom. The zero-order chi connectivity index (χ0) is 8.55. The molecule has 1 heterocycles. The molecule has 12 heavy (non-hydrogen) atoms. The van der Waals surface area contributed by atoms with E-state index < -0.39 is 0 Å². The van der Waals surface area contributed by atoms with Crippen molar-refractivity contribution in [2.45, 2.75) is 31.3 Å². The highest BCUT2D eigenvalue weighted by atomic mass is 16.3. The van der Waals surface area contributed by atoms with Crippen molar-refractivity contribution in [2.75, 3.05) is 0 Å². The van der Waals surface area contributed by atoms with E-state index in [1.54, 1.807) is 0 Å². The number of aliphatic hydroxyl groups excluding tert-OH is 1. The Labute approximate surface area is 72.0 Å². The van der Waals surface area contributed by atoms with Gasteiger partial charge in [-0.25, -0.2) is 0 Å². The number of rotatable bonds is 1. The summed E-state index contributed by atoms with van der Waals surface area (Å²) in [6.45, 7) is 0. The molecule has 2 unspecified atom stereocenters. The second-order valence-corrected chi connectivity index (χ2v) is 3.61. The van der Waals surface area contributed by atoms with Gasteiger partial charge in [-0.1, -0.05) is 0 Å². The summed E-state index contributed by atoms with van der Waals surface area (Å²) in [5.74, 6) is 0.536. The Morgan fingerprint density at radius 2 is 2.42 bits per heavy atom. The van der Waals surface area contributed by atoms with E-state index in [1.807, 2.05) is 24.1 Å². The van der Waals surface area contributed by atoms with Gasteiger partial charge in [-0.2, -0.15) is 5.10 Å². The molecule has 3 nitrogen and oxygen atoms in total. The molecule has 1 N–H and O–H groups in total. The number of aryl methyl sites for hydroxylation is 1. The van der Waals surface area contributed by atoms with Gasteiger partial charge in [0.2, 0.25) is 0 Å². The Balaban J connectivity index is 2.11. The molecule has 0 radical (unpaired) electrons. The third-order valence-corrected chi connectivity index (χ3v) is 2.60. The largest absolute Gasteiger partial charge is 0.393 e. The monoisotopic (exact) mass is 166 g/mol. The minimum absolute atomic E-state index is 0.0878. The van der Waals surface area contributed by atoms with Crippen molar-refractivity contribution >= 4 is 0 Å². The lowest BCUT2D eigenvalue weighted by Gasteiger charge is -2.04. The molecular weight excluding hydrogens is 152 g/mol. The van der Waals surface area contributed by atoms with E-state index in [1.165, 1.54) is 5.56 Å². The first-order valence-corrected chi connectivity index (χ1v) is 4.42. The molecule has 0 spiro atoms. The van der Waals surface area contributed by atoms with Crippen molar-refractivity contribution in [1.82, 2.24) is 9.78 Å². The van der Waals surface area contributed by atoms with E-state index in [9.17, 15) is 5.11 Å². The van der Waals surface area contributed by atoms with Gasteiger partial charge in [0, 0.05) is 13.2 Å². The zero-order valence-corrected chi connectivity index (χ0v) is 7.27. The van der Waals surface area contributed by atoms with Crippen LogP contribution in [0.1, 0.15) is 30.7 Å². The molecule has 2 atom stereocenters. The lowest BCUT2D eigenvalue weighted by molar-refractivity contribution is 0.181. The first kappa shape index (κ1) is 7.80. The van der Waals surface area contributed by atoms with Crippen LogP contribution < -0.4 is 0 Å². The fraction of sp³-hybridized carbons (Fsp3) is 0.667. The van der Waals surface area contributed by atoms with Gasteiger partial charge in [0.05, 0.1) is 12.3 Å². The van der Waals surface area contributed by atoms with Crippen LogP contribution in [0, 0.1) is 0 Å². The fourth-order valence-corrected chi connectivity index (χ4v) is 1.91.